The Morgan fingerprint density at radius 1 is 1.26 bits per heavy atom. The van der Waals surface area contributed by atoms with Crippen molar-refractivity contribution >= 4 is 46.8 Å². The highest BCUT2D eigenvalue weighted by atomic mass is 35.5. The van der Waals surface area contributed by atoms with Crippen molar-refractivity contribution in [2.45, 2.75) is 0 Å². The molecule has 23 heavy (non-hydrogen) atoms. The fourth-order valence-corrected chi connectivity index (χ4v) is 2.48. The van der Waals surface area contributed by atoms with Gasteiger partial charge in [0.1, 0.15) is 17.1 Å². The second-order valence-corrected chi connectivity index (χ2v) is 5.72. The molecule has 1 aliphatic heterocycles. The van der Waals surface area contributed by atoms with Crippen LogP contribution in [-0.4, -0.2) is 28.9 Å². The first-order valence-corrected chi connectivity index (χ1v) is 7.45. The maximum absolute atomic E-state index is 12.1. The Bertz CT molecular complexity index is 857. The molecule has 1 saturated heterocycles. The van der Waals surface area contributed by atoms with Crippen LogP contribution in [-0.2, 0) is 9.59 Å². The SMILES string of the molecule is CN1C(=O)C(=Cc2ccc(-c3cccc(Cl)c3)o2)C(=O)NC1=S. The molecule has 5 nitrogen and oxygen atoms in total. The maximum Gasteiger partial charge on any atom is 0.265 e. The summed E-state index contributed by atoms with van der Waals surface area (Å²) < 4.78 is 5.67. The molecule has 116 valence electrons. The number of hydrogen-bond donors (Lipinski definition) is 1. The molecule has 1 N–H and O–H groups in total. The van der Waals surface area contributed by atoms with Crippen LogP contribution in [0.15, 0.2) is 46.4 Å². The van der Waals surface area contributed by atoms with Gasteiger partial charge in [-0.3, -0.25) is 19.8 Å². The van der Waals surface area contributed by atoms with Gasteiger partial charge in [0.15, 0.2) is 5.11 Å². The molecule has 1 aliphatic rings. The molecule has 0 radical (unpaired) electrons. The molecule has 0 bridgehead atoms. The summed E-state index contributed by atoms with van der Waals surface area (Å²) in [5.74, 6) is -0.0372. The Morgan fingerprint density at radius 3 is 2.78 bits per heavy atom. The molecule has 7 heteroatoms. The topological polar surface area (TPSA) is 62.6 Å². The van der Waals surface area contributed by atoms with E-state index in [0.717, 1.165) is 5.56 Å². The Hall–Kier alpha value is -2.44. The lowest BCUT2D eigenvalue weighted by molar-refractivity contribution is -0.128. The van der Waals surface area contributed by atoms with Crippen LogP contribution in [0.2, 0.25) is 5.02 Å². The van der Waals surface area contributed by atoms with Crippen molar-refractivity contribution in [3.05, 3.63) is 52.8 Å². The summed E-state index contributed by atoms with van der Waals surface area (Å²) in [4.78, 5) is 25.2. The number of nitrogens with zero attached hydrogens (tertiary/aromatic N) is 1. The first-order valence-electron chi connectivity index (χ1n) is 6.66. The van der Waals surface area contributed by atoms with E-state index in [1.165, 1.54) is 18.0 Å². The zero-order valence-corrected chi connectivity index (χ0v) is 13.6. The van der Waals surface area contributed by atoms with E-state index in [1.54, 1.807) is 24.3 Å². The highest BCUT2D eigenvalue weighted by molar-refractivity contribution is 7.80. The summed E-state index contributed by atoms with van der Waals surface area (Å²) in [6.07, 6.45) is 1.39. The Balaban J connectivity index is 1.93. The minimum atomic E-state index is -0.543. The van der Waals surface area contributed by atoms with E-state index in [4.69, 9.17) is 28.2 Å². The van der Waals surface area contributed by atoms with Crippen molar-refractivity contribution in [1.82, 2.24) is 10.2 Å². The number of likely N-dealkylation sites (N-methyl/N-ethyl adjacent to an activating group) is 1. The number of furan rings is 1. The number of carbonyl (C=O) groups is 2. The van der Waals surface area contributed by atoms with Crippen LogP contribution < -0.4 is 5.32 Å². The van der Waals surface area contributed by atoms with Gasteiger partial charge in [0.05, 0.1) is 0 Å². The summed E-state index contributed by atoms with van der Waals surface area (Å²) in [5, 5.41) is 3.12. The van der Waals surface area contributed by atoms with E-state index in [0.29, 0.717) is 16.5 Å². The lowest BCUT2D eigenvalue weighted by atomic mass is 10.1. The lowest BCUT2D eigenvalue weighted by Crippen LogP contribution is -2.52. The molecule has 1 fully saturated rings. The zero-order valence-electron chi connectivity index (χ0n) is 12.0. The van der Waals surface area contributed by atoms with Gasteiger partial charge in [-0.2, -0.15) is 0 Å². The summed E-state index contributed by atoms with van der Waals surface area (Å²) in [5.41, 5.74) is 0.771. The Morgan fingerprint density at radius 2 is 2.04 bits per heavy atom. The second kappa shape index (κ2) is 5.98. The van der Waals surface area contributed by atoms with E-state index in [2.05, 4.69) is 5.32 Å². The number of hydrogen-bond acceptors (Lipinski definition) is 4. The van der Waals surface area contributed by atoms with Crippen LogP contribution in [0.4, 0.5) is 0 Å². The number of amides is 2. The van der Waals surface area contributed by atoms with Crippen LogP contribution in [0, 0.1) is 0 Å². The molecule has 0 atom stereocenters. The van der Waals surface area contributed by atoms with Gasteiger partial charge < -0.3 is 4.42 Å². The van der Waals surface area contributed by atoms with E-state index in [-0.39, 0.29) is 10.7 Å². The number of carbonyl (C=O) groups excluding carboxylic acids is 2. The lowest BCUT2D eigenvalue weighted by Gasteiger charge is -2.24. The van der Waals surface area contributed by atoms with E-state index >= 15 is 0 Å². The van der Waals surface area contributed by atoms with Crippen molar-refractivity contribution in [1.29, 1.82) is 0 Å². The number of benzene rings is 1. The van der Waals surface area contributed by atoms with Gasteiger partial charge >= 0.3 is 0 Å². The molecule has 2 aromatic rings. The summed E-state index contributed by atoms with van der Waals surface area (Å²) in [6.45, 7) is 0. The third-order valence-electron chi connectivity index (χ3n) is 3.33. The minimum Gasteiger partial charge on any atom is -0.457 e. The van der Waals surface area contributed by atoms with Crippen LogP contribution in [0.3, 0.4) is 0 Å². The van der Waals surface area contributed by atoms with Crippen molar-refractivity contribution in [2.24, 2.45) is 0 Å². The number of nitrogens with one attached hydrogen (secondary N) is 1. The van der Waals surface area contributed by atoms with Crippen LogP contribution in [0.1, 0.15) is 5.76 Å². The van der Waals surface area contributed by atoms with E-state index in [9.17, 15) is 9.59 Å². The third kappa shape index (κ3) is 3.04. The number of rotatable bonds is 2. The second-order valence-electron chi connectivity index (χ2n) is 4.89. The van der Waals surface area contributed by atoms with Gasteiger partial charge in [0.2, 0.25) is 0 Å². The fourth-order valence-electron chi connectivity index (χ4n) is 2.12. The van der Waals surface area contributed by atoms with Crippen molar-refractivity contribution in [3.63, 3.8) is 0 Å². The van der Waals surface area contributed by atoms with Gasteiger partial charge in [-0.05, 0) is 42.6 Å². The molecule has 0 aliphatic carbocycles. The average Bonchev–Trinajstić information content (AvgIpc) is 2.98. The Kier molecular flexibility index (Phi) is 4.02. The minimum absolute atomic E-state index is 0.0342. The molecular weight excluding hydrogens is 336 g/mol. The zero-order chi connectivity index (χ0) is 16.6. The normalized spacial score (nSPS) is 16.9. The molecule has 0 spiro atoms. The van der Waals surface area contributed by atoms with E-state index < -0.39 is 11.8 Å². The highest BCUT2D eigenvalue weighted by Gasteiger charge is 2.31. The van der Waals surface area contributed by atoms with Crippen molar-refractivity contribution in [3.8, 4) is 11.3 Å². The smallest absolute Gasteiger partial charge is 0.265 e. The standard InChI is InChI=1S/C16H11ClN2O3S/c1-19-15(21)12(14(20)18-16(19)23)8-11-5-6-13(22-11)9-3-2-4-10(17)7-9/h2-8H,1H3,(H,18,20,23). The third-order valence-corrected chi connectivity index (χ3v) is 3.94. The number of halogens is 1. The number of thiocarbonyl (C=S) groups is 1. The highest BCUT2D eigenvalue weighted by Crippen LogP contribution is 2.26. The predicted molar refractivity (Wildman–Crippen MR) is 90.6 cm³/mol. The monoisotopic (exact) mass is 346 g/mol. The van der Waals surface area contributed by atoms with Gasteiger partial charge in [-0.1, -0.05) is 23.7 Å². The first-order chi connectivity index (χ1) is 11.0. The average molecular weight is 347 g/mol. The molecular formula is C16H11ClN2O3S. The van der Waals surface area contributed by atoms with Crippen LogP contribution >= 0.6 is 23.8 Å². The van der Waals surface area contributed by atoms with Crippen molar-refractivity contribution in [2.75, 3.05) is 7.05 Å². The molecule has 2 amide bonds. The quantitative estimate of drug-likeness (QED) is 0.516. The molecule has 1 aromatic carbocycles. The summed E-state index contributed by atoms with van der Waals surface area (Å²) >= 11 is 10.8. The van der Waals surface area contributed by atoms with Crippen LogP contribution in [0.25, 0.3) is 17.4 Å². The molecule has 0 unspecified atom stereocenters. The molecule has 0 saturated carbocycles. The van der Waals surface area contributed by atoms with Crippen LogP contribution in [0.5, 0.6) is 0 Å². The largest absolute Gasteiger partial charge is 0.457 e. The van der Waals surface area contributed by atoms with Gasteiger partial charge in [-0.15, -0.1) is 0 Å². The Labute approximate surface area is 142 Å². The fraction of sp³-hybridized carbons (Fsp3) is 0.0625. The maximum atomic E-state index is 12.1. The molecule has 1 aromatic heterocycles. The van der Waals surface area contributed by atoms with Gasteiger partial charge in [0, 0.05) is 17.6 Å². The van der Waals surface area contributed by atoms with Gasteiger partial charge in [-0.25, -0.2) is 0 Å². The molecule has 2 heterocycles. The van der Waals surface area contributed by atoms with Gasteiger partial charge in [0.25, 0.3) is 11.8 Å². The summed E-state index contributed by atoms with van der Waals surface area (Å²) in [6, 6.07) is 10.6. The van der Waals surface area contributed by atoms with Crippen molar-refractivity contribution < 1.29 is 14.0 Å². The first kappa shape index (κ1) is 15.5. The van der Waals surface area contributed by atoms with E-state index in [1.807, 2.05) is 12.1 Å². The predicted octanol–water partition coefficient (Wildman–Crippen LogP) is 2.86. The summed E-state index contributed by atoms with van der Waals surface area (Å²) in [7, 11) is 1.50. The molecule has 3 rings (SSSR count).